The molecule has 2 aromatic carbocycles. The molecule has 0 aliphatic carbocycles. The van der Waals surface area contributed by atoms with Gasteiger partial charge in [-0.2, -0.15) is 0 Å². The maximum Gasteiger partial charge on any atom is 0.296 e. The number of allylic oxidation sites excluding steroid dienone is 1. The van der Waals surface area contributed by atoms with Crippen molar-refractivity contribution >= 4 is 34.2 Å². The van der Waals surface area contributed by atoms with E-state index < -0.39 is 23.5 Å². The monoisotopic (exact) mass is 419 g/mol. The summed E-state index contributed by atoms with van der Waals surface area (Å²) in [4.78, 5) is 27.2. The van der Waals surface area contributed by atoms with Crippen LogP contribution in [0.5, 0.6) is 5.75 Å². The van der Waals surface area contributed by atoms with Crippen molar-refractivity contribution in [1.82, 2.24) is 10.2 Å². The number of hydrogen-bond acceptors (Lipinski definition) is 7. The van der Waals surface area contributed by atoms with Crippen molar-refractivity contribution in [3.05, 3.63) is 88.1 Å². The number of carbonyl (C=O) groups is 2. The average Bonchev–Trinajstić information content (AvgIpc) is 3.28. The van der Waals surface area contributed by atoms with E-state index in [9.17, 15) is 19.8 Å². The molecule has 1 aliphatic rings. The second-order valence-electron chi connectivity index (χ2n) is 6.65. The Labute approximate surface area is 176 Å². The molecule has 150 valence electrons. The summed E-state index contributed by atoms with van der Waals surface area (Å²) < 4.78 is 0. The first-order valence-corrected chi connectivity index (χ1v) is 9.90. The van der Waals surface area contributed by atoms with Crippen LogP contribution in [0.2, 0.25) is 0 Å². The second kappa shape index (κ2) is 7.92. The van der Waals surface area contributed by atoms with E-state index in [0.717, 1.165) is 5.56 Å². The molecule has 1 aromatic heterocycles. The second-order valence-corrected chi connectivity index (χ2v) is 7.81. The molecule has 3 aromatic rings. The summed E-state index contributed by atoms with van der Waals surface area (Å²) in [5.74, 6) is -1.91. The minimum Gasteiger partial charge on any atom is -0.508 e. The maximum atomic E-state index is 13.0. The fourth-order valence-electron chi connectivity index (χ4n) is 3.27. The number of carbonyl (C=O) groups excluding carboxylic acids is 2. The summed E-state index contributed by atoms with van der Waals surface area (Å²) >= 11 is 1.17. The summed E-state index contributed by atoms with van der Waals surface area (Å²) in [7, 11) is 0. The number of amides is 1. The highest BCUT2D eigenvalue weighted by Crippen LogP contribution is 2.42. The fraction of sp³-hybridized carbons (Fsp3) is 0.0909. The number of aliphatic hydroxyl groups excluding tert-OH is 1. The topological polar surface area (TPSA) is 104 Å². The Bertz CT molecular complexity index is 1180. The van der Waals surface area contributed by atoms with E-state index in [4.69, 9.17) is 0 Å². The number of hydrogen-bond donors (Lipinski definition) is 2. The molecule has 30 heavy (non-hydrogen) atoms. The first kappa shape index (κ1) is 19.5. The zero-order chi connectivity index (χ0) is 21.3. The Balaban J connectivity index is 1.79. The number of phenols is 1. The minimum absolute atomic E-state index is 0.0219. The standard InChI is InChI=1S/C22H17N3O4S/c1-13-23-24-22(30-13)25-19(15-8-5-9-16(26)12-15)18(20(28)21(25)29)17(27)11-10-14-6-3-2-4-7-14/h2-12,19,26,28H,1H3. The average molecular weight is 419 g/mol. The molecule has 1 amide bonds. The van der Waals surface area contributed by atoms with E-state index >= 15 is 0 Å². The zero-order valence-corrected chi connectivity index (χ0v) is 16.7. The molecule has 1 atom stereocenters. The predicted octanol–water partition coefficient (Wildman–Crippen LogP) is 3.73. The van der Waals surface area contributed by atoms with Gasteiger partial charge in [-0.15, -0.1) is 10.2 Å². The number of aromatic hydroxyl groups is 1. The lowest BCUT2D eigenvalue weighted by molar-refractivity contribution is -0.117. The van der Waals surface area contributed by atoms with Crippen molar-refractivity contribution in [2.75, 3.05) is 4.90 Å². The van der Waals surface area contributed by atoms with Crippen LogP contribution in [0.25, 0.3) is 6.08 Å². The highest BCUT2D eigenvalue weighted by molar-refractivity contribution is 7.15. The maximum absolute atomic E-state index is 13.0. The molecule has 0 radical (unpaired) electrons. The highest BCUT2D eigenvalue weighted by atomic mass is 32.1. The van der Waals surface area contributed by atoms with Crippen LogP contribution in [0.1, 0.15) is 22.2 Å². The van der Waals surface area contributed by atoms with Gasteiger partial charge in [0.1, 0.15) is 10.8 Å². The van der Waals surface area contributed by atoms with Gasteiger partial charge in [-0.25, -0.2) is 0 Å². The third-order valence-corrected chi connectivity index (χ3v) is 5.45. The lowest BCUT2D eigenvalue weighted by atomic mass is 9.95. The molecule has 2 N–H and O–H groups in total. The number of aromatic nitrogens is 2. The summed E-state index contributed by atoms with van der Waals surface area (Å²) in [6.07, 6.45) is 2.93. The van der Waals surface area contributed by atoms with Gasteiger partial charge in [0.05, 0.1) is 11.6 Å². The van der Waals surface area contributed by atoms with Crippen molar-refractivity contribution < 1.29 is 19.8 Å². The summed E-state index contributed by atoms with van der Waals surface area (Å²) in [5.41, 5.74) is 1.20. The van der Waals surface area contributed by atoms with Gasteiger partial charge < -0.3 is 10.2 Å². The summed E-state index contributed by atoms with van der Waals surface area (Å²) in [6.45, 7) is 1.74. The van der Waals surface area contributed by atoms with Crippen LogP contribution in [-0.4, -0.2) is 32.1 Å². The van der Waals surface area contributed by atoms with Crippen LogP contribution in [-0.2, 0) is 9.59 Å². The molecular formula is C22H17N3O4S. The van der Waals surface area contributed by atoms with E-state index in [-0.39, 0.29) is 16.5 Å². The molecule has 2 heterocycles. The Kier molecular flexibility index (Phi) is 5.16. The zero-order valence-electron chi connectivity index (χ0n) is 15.9. The Morgan fingerprint density at radius 2 is 1.87 bits per heavy atom. The smallest absolute Gasteiger partial charge is 0.296 e. The highest BCUT2D eigenvalue weighted by Gasteiger charge is 2.45. The molecule has 0 saturated heterocycles. The van der Waals surface area contributed by atoms with Gasteiger partial charge in [0, 0.05) is 0 Å². The number of phenolic OH excluding ortho intramolecular Hbond substituents is 1. The van der Waals surface area contributed by atoms with Crippen LogP contribution in [0.3, 0.4) is 0 Å². The van der Waals surface area contributed by atoms with Crippen molar-refractivity contribution in [3.8, 4) is 5.75 Å². The molecule has 0 spiro atoms. The number of ketones is 1. The lowest BCUT2D eigenvalue weighted by Gasteiger charge is -2.23. The van der Waals surface area contributed by atoms with E-state index in [0.29, 0.717) is 10.6 Å². The quantitative estimate of drug-likeness (QED) is 0.611. The number of nitrogens with zero attached hydrogens (tertiary/aromatic N) is 3. The molecule has 4 rings (SSSR count). The molecule has 0 fully saturated rings. The predicted molar refractivity (Wildman–Crippen MR) is 113 cm³/mol. The molecule has 0 bridgehead atoms. The van der Waals surface area contributed by atoms with E-state index in [2.05, 4.69) is 10.2 Å². The van der Waals surface area contributed by atoms with Crippen molar-refractivity contribution in [2.24, 2.45) is 0 Å². The van der Waals surface area contributed by atoms with Crippen LogP contribution in [0.4, 0.5) is 5.13 Å². The van der Waals surface area contributed by atoms with Gasteiger partial charge in [0.2, 0.25) is 5.13 Å². The van der Waals surface area contributed by atoms with Crippen LogP contribution in [0.15, 0.2) is 72.0 Å². The SMILES string of the molecule is Cc1nnc(N2C(=O)C(O)=C(C(=O)C=Cc3ccccc3)C2c2cccc(O)c2)s1. The van der Waals surface area contributed by atoms with Crippen molar-refractivity contribution in [1.29, 1.82) is 0 Å². The Morgan fingerprint density at radius 1 is 1.10 bits per heavy atom. The first-order valence-electron chi connectivity index (χ1n) is 9.09. The van der Waals surface area contributed by atoms with Gasteiger partial charge in [0.25, 0.3) is 5.91 Å². The molecule has 0 saturated carbocycles. The normalized spacial score (nSPS) is 16.6. The van der Waals surface area contributed by atoms with Crippen LogP contribution < -0.4 is 4.90 Å². The Hall–Kier alpha value is -3.78. The van der Waals surface area contributed by atoms with Crippen molar-refractivity contribution in [3.63, 3.8) is 0 Å². The van der Waals surface area contributed by atoms with E-state index in [1.54, 1.807) is 25.1 Å². The molecule has 1 unspecified atom stereocenters. The molecule has 1 aliphatic heterocycles. The number of anilines is 1. The molecule has 7 nitrogen and oxygen atoms in total. The number of aryl methyl sites for hydroxylation is 1. The van der Waals surface area contributed by atoms with Crippen LogP contribution >= 0.6 is 11.3 Å². The fourth-order valence-corrected chi connectivity index (χ4v) is 3.99. The number of rotatable bonds is 5. The van der Waals surface area contributed by atoms with Gasteiger partial charge in [-0.1, -0.05) is 59.9 Å². The van der Waals surface area contributed by atoms with Crippen LogP contribution in [0, 0.1) is 6.92 Å². The van der Waals surface area contributed by atoms with Crippen molar-refractivity contribution in [2.45, 2.75) is 13.0 Å². The largest absolute Gasteiger partial charge is 0.508 e. The Morgan fingerprint density at radius 3 is 2.53 bits per heavy atom. The van der Waals surface area contributed by atoms with E-state index in [1.807, 2.05) is 30.3 Å². The number of aliphatic hydroxyl groups is 1. The summed E-state index contributed by atoms with van der Waals surface area (Å²) in [5, 5.41) is 29.4. The van der Waals surface area contributed by atoms with Gasteiger partial charge >= 0.3 is 0 Å². The third kappa shape index (κ3) is 3.60. The lowest BCUT2D eigenvalue weighted by Crippen LogP contribution is -2.30. The van der Waals surface area contributed by atoms with E-state index in [1.165, 1.54) is 34.4 Å². The van der Waals surface area contributed by atoms with Gasteiger partial charge in [0.15, 0.2) is 11.5 Å². The molecule has 8 heteroatoms. The number of benzene rings is 2. The third-order valence-electron chi connectivity index (χ3n) is 4.61. The van der Waals surface area contributed by atoms with Gasteiger partial charge in [-0.3, -0.25) is 14.5 Å². The molecular weight excluding hydrogens is 402 g/mol. The minimum atomic E-state index is -0.940. The summed E-state index contributed by atoms with van der Waals surface area (Å²) in [6, 6.07) is 14.5. The van der Waals surface area contributed by atoms with Gasteiger partial charge in [-0.05, 0) is 36.3 Å². The first-order chi connectivity index (χ1) is 14.5.